The van der Waals surface area contributed by atoms with Crippen molar-refractivity contribution in [2.45, 2.75) is 12.8 Å². The van der Waals surface area contributed by atoms with Gasteiger partial charge in [-0.2, -0.15) is 11.8 Å². The van der Waals surface area contributed by atoms with E-state index in [-0.39, 0.29) is 18.3 Å². The van der Waals surface area contributed by atoms with Gasteiger partial charge in [0.05, 0.1) is 0 Å². The number of thioether (sulfide) groups is 1. The molecule has 0 radical (unpaired) electrons. The third-order valence-corrected chi connectivity index (χ3v) is 2.97. The smallest absolute Gasteiger partial charge is 0.224 e. The zero-order chi connectivity index (χ0) is 13.2. The Balaban J connectivity index is 0.00000324. The van der Waals surface area contributed by atoms with Gasteiger partial charge in [0.1, 0.15) is 12.4 Å². The van der Waals surface area contributed by atoms with Gasteiger partial charge in [0.15, 0.2) is 0 Å². The first kappa shape index (κ1) is 18.1. The van der Waals surface area contributed by atoms with Gasteiger partial charge in [0.2, 0.25) is 5.91 Å². The molecule has 0 aliphatic carbocycles. The number of amides is 1. The highest BCUT2D eigenvalue weighted by atomic mass is 35.5. The van der Waals surface area contributed by atoms with Crippen LogP contribution in [0.1, 0.15) is 12.8 Å². The van der Waals surface area contributed by atoms with E-state index in [0.29, 0.717) is 19.6 Å². The molecule has 0 heterocycles. The number of halogens is 1. The molecule has 108 valence electrons. The number of nitrogens with two attached hydrogens (primary N) is 1. The van der Waals surface area contributed by atoms with Crippen molar-refractivity contribution in [1.29, 1.82) is 0 Å². The van der Waals surface area contributed by atoms with Gasteiger partial charge in [-0.15, -0.1) is 12.4 Å². The lowest BCUT2D eigenvalue weighted by Gasteiger charge is -2.07. The summed E-state index contributed by atoms with van der Waals surface area (Å²) in [6.45, 7) is 0.994. The van der Waals surface area contributed by atoms with Crippen molar-refractivity contribution in [2.24, 2.45) is 5.73 Å². The molecule has 3 N–H and O–H groups in total. The molecule has 0 unspecified atom stereocenters. The second-order valence-corrected chi connectivity index (χ2v) is 4.79. The van der Waals surface area contributed by atoms with Crippen LogP contribution in [0.5, 0.6) is 5.75 Å². The highest BCUT2D eigenvalue weighted by Gasteiger charge is 2.02. The Morgan fingerprint density at radius 1 is 1.37 bits per heavy atom. The average molecular weight is 305 g/mol. The zero-order valence-corrected chi connectivity index (χ0v) is 12.7. The highest BCUT2D eigenvalue weighted by Crippen LogP contribution is 2.15. The van der Waals surface area contributed by atoms with E-state index in [2.05, 4.69) is 5.32 Å². The van der Waals surface area contributed by atoms with Gasteiger partial charge < -0.3 is 15.8 Å². The van der Waals surface area contributed by atoms with Crippen molar-refractivity contribution in [3.8, 4) is 5.75 Å². The van der Waals surface area contributed by atoms with Crippen LogP contribution in [0, 0.1) is 0 Å². The molecule has 0 spiro atoms. The van der Waals surface area contributed by atoms with Crippen molar-refractivity contribution in [1.82, 2.24) is 0 Å². The van der Waals surface area contributed by atoms with Crippen LogP contribution in [0.3, 0.4) is 0 Å². The molecule has 0 saturated heterocycles. The van der Waals surface area contributed by atoms with Crippen molar-refractivity contribution >= 4 is 35.8 Å². The molecule has 0 saturated carbocycles. The van der Waals surface area contributed by atoms with Gasteiger partial charge in [-0.25, -0.2) is 0 Å². The molecule has 1 amide bonds. The molecule has 0 fully saturated rings. The summed E-state index contributed by atoms with van der Waals surface area (Å²) < 4.78 is 5.35. The van der Waals surface area contributed by atoms with E-state index < -0.39 is 0 Å². The molecule has 1 aromatic carbocycles. The minimum Gasteiger partial charge on any atom is -0.492 e. The lowest BCUT2D eigenvalue weighted by atomic mass is 10.2. The molecule has 1 aromatic rings. The summed E-state index contributed by atoms with van der Waals surface area (Å²) in [7, 11) is 0. The molecule has 0 aliphatic heterocycles. The van der Waals surface area contributed by atoms with Crippen LogP contribution in [0.15, 0.2) is 24.3 Å². The third-order valence-electron chi connectivity index (χ3n) is 2.28. The van der Waals surface area contributed by atoms with Gasteiger partial charge in [-0.1, -0.05) is 0 Å². The van der Waals surface area contributed by atoms with Crippen LogP contribution in [0.25, 0.3) is 0 Å². The van der Waals surface area contributed by atoms with Gasteiger partial charge in [0.25, 0.3) is 0 Å². The topological polar surface area (TPSA) is 64.3 Å². The number of rotatable bonds is 8. The van der Waals surface area contributed by atoms with Crippen molar-refractivity contribution < 1.29 is 9.53 Å². The fraction of sp³-hybridized carbons (Fsp3) is 0.462. The Hall–Kier alpha value is -0.910. The number of carbonyl (C=O) groups excluding carboxylic acids is 1. The molecule has 6 heteroatoms. The van der Waals surface area contributed by atoms with Crippen molar-refractivity contribution in [3.63, 3.8) is 0 Å². The number of benzene rings is 1. The predicted molar refractivity (Wildman–Crippen MR) is 84.5 cm³/mol. The quantitative estimate of drug-likeness (QED) is 0.724. The van der Waals surface area contributed by atoms with Gasteiger partial charge >= 0.3 is 0 Å². The molecule has 0 aromatic heterocycles. The molecule has 0 aliphatic rings. The molecule has 1 rings (SSSR count). The first-order valence-electron chi connectivity index (χ1n) is 5.98. The Morgan fingerprint density at radius 3 is 2.63 bits per heavy atom. The molecule has 19 heavy (non-hydrogen) atoms. The third kappa shape index (κ3) is 7.97. The van der Waals surface area contributed by atoms with Crippen LogP contribution < -0.4 is 15.8 Å². The minimum absolute atomic E-state index is 0. The van der Waals surface area contributed by atoms with Gasteiger partial charge in [-0.3, -0.25) is 4.79 Å². The molecular weight excluding hydrogens is 284 g/mol. The van der Waals surface area contributed by atoms with Gasteiger partial charge in [-0.05, 0) is 42.7 Å². The summed E-state index contributed by atoms with van der Waals surface area (Å²) in [4.78, 5) is 11.6. The number of nitrogens with one attached hydrogen (secondary N) is 1. The molecule has 4 nitrogen and oxygen atoms in total. The number of ether oxygens (including phenoxy) is 1. The summed E-state index contributed by atoms with van der Waals surface area (Å²) in [5.74, 6) is 1.83. The molecule has 0 atom stereocenters. The monoisotopic (exact) mass is 304 g/mol. The van der Waals surface area contributed by atoms with Crippen LogP contribution in [-0.4, -0.2) is 31.1 Å². The lowest BCUT2D eigenvalue weighted by molar-refractivity contribution is -0.116. The number of anilines is 1. The van der Waals surface area contributed by atoms with Crippen LogP contribution >= 0.6 is 24.2 Å². The van der Waals surface area contributed by atoms with Crippen LogP contribution in [0.2, 0.25) is 0 Å². The average Bonchev–Trinajstić information content (AvgIpc) is 2.38. The van der Waals surface area contributed by atoms with E-state index in [1.807, 2.05) is 30.5 Å². The lowest BCUT2D eigenvalue weighted by Crippen LogP contribution is -2.12. The Kier molecular flexibility index (Phi) is 10.4. The molecule has 0 bridgehead atoms. The summed E-state index contributed by atoms with van der Waals surface area (Å²) in [6.07, 6.45) is 3.51. The summed E-state index contributed by atoms with van der Waals surface area (Å²) in [6, 6.07) is 7.32. The van der Waals surface area contributed by atoms with Gasteiger partial charge in [0, 0.05) is 18.7 Å². The first-order chi connectivity index (χ1) is 8.76. The fourth-order valence-electron chi connectivity index (χ4n) is 1.41. The van der Waals surface area contributed by atoms with Crippen molar-refractivity contribution in [3.05, 3.63) is 24.3 Å². The number of hydrogen-bond donors (Lipinski definition) is 2. The summed E-state index contributed by atoms with van der Waals surface area (Å²) in [5.41, 5.74) is 6.14. The summed E-state index contributed by atoms with van der Waals surface area (Å²) in [5, 5.41) is 2.86. The van der Waals surface area contributed by atoms with E-state index in [9.17, 15) is 4.79 Å². The first-order valence-corrected chi connectivity index (χ1v) is 7.37. The largest absolute Gasteiger partial charge is 0.492 e. The highest BCUT2D eigenvalue weighted by molar-refractivity contribution is 7.98. The SMILES string of the molecule is CSCCCC(=O)Nc1ccc(OCCN)cc1.Cl. The Bertz CT molecular complexity index is 360. The van der Waals surface area contributed by atoms with E-state index in [0.717, 1.165) is 23.6 Å². The maximum atomic E-state index is 11.6. The number of carbonyl (C=O) groups is 1. The van der Waals surface area contributed by atoms with E-state index in [1.165, 1.54) is 0 Å². The Labute approximate surface area is 124 Å². The Morgan fingerprint density at radius 2 is 2.05 bits per heavy atom. The fourth-order valence-corrected chi connectivity index (χ4v) is 1.84. The summed E-state index contributed by atoms with van der Waals surface area (Å²) >= 11 is 1.75. The molecular formula is C13H21ClN2O2S. The van der Waals surface area contributed by atoms with Crippen molar-refractivity contribution in [2.75, 3.05) is 30.5 Å². The van der Waals surface area contributed by atoms with E-state index >= 15 is 0 Å². The standard InChI is InChI=1S/C13H20N2O2S.ClH/c1-18-10-2-3-13(16)15-11-4-6-12(7-5-11)17-9-8-14;/h4-7H,2-3,8-10,14H2,1H3,(H,15,16);1H. The second-order valence-electron chi connectivity index (χ2n) is 3.81. The maximum Gasteiger partial charge on any atom is 0.224 e. The zero-order valence-electron chi connectivity index (χ0n) is 11.1. The maximum absolute atomic E-state index is 11.6. The number of hydrogen-bond acceptors (Lipinski definition) is 4. The van der Waals surface area contributed by atoms with Crippen LogP contribution in [0.4, 0.5) is 5.69 Å². The second kappa shape index (κ2) is 11.0. The predicted octanol–water partition coefficient (Wildman–Crippen LogP) is 2.53. The normalized spacial score (nSPS) is 9.58. The van der Waals surface area contributed by atoms with E-state index in [1.54, 1.807) is 11.8 Å². The van der Waals surface area contributed by atoms with E-state index in [4.69, 9.17) is 10.5 Å². The van der Waals surface area contributed by atoms with Crippen LogP contribution in [-0.2, 0) is 4.79 Å². The minimum atomic E-state index is 0.